The van der Waals surface area contributed by atoms with E-state index >= 15 is 0 Å². The molecule has 0 fully saturated rings. The smallest absolute Gasteiger partial charge is 0.245 e. The minimum Gasteiger partial charge on any atom is -0.323 e. The number of carbonyl (C=O) groups is 1. The van der Waals surface area contributed by atoms with Crippen molar-refractivity contribution < 1.29 is 13.2 Å². The van der Waals surface area contributed by atoms with Crippen LogP contribution in [0.4, 0.5) is 11.4 Å². The van der Waals surface area contributed by atoms with Crippen molar-refractivity contribution in [2.24, 2.45) is 0 Å². The van der Waals surface area contributed by atoms with Crippen LogP contribution in [-0.2, 0) is 14.8 Å². The van der Waals surface area contributed by atoms with Gasteiger partial charge >= 0.3 is 0 Å². The highest BCUT2D eigenvalue weighted by molar-refractivity contribution is 9.10. The van der Waals surface area contributed by atoms with Gasteiger partial charge < -0.3 is 5.32 Å². The number of para-hydroxylation sites is 1. The van der Waals surface area contributed by atoms with Crippen LogP contribution in [-0.4, -0.2) is 27.1 Å². The van der Waals surface area contributed by atoms with Crippen LogP contribution in [0, 0.1) is 13.8 Å². The van der Waals surface area contributed by atoms with Gasteiger partial charge in [-0.2, -0.15) is 0 Å². The number of rotatable bonds is 5. The molecule has 128 valence electrons. The summed E-state index contributed by atoms with van der Waals surface area (Å²) in [5, 5.41) is 2.72. The van der Waals surface area contributed by atoms with Crippen LogP contribution in [0.1, 0.15) is 11.1 Å². The molecule has 0 aliphatic rings. The third-order valence-corrected chi connectivity index (χ3v) is 5.45. The second-order valence-corrected chi connectivity index (χ2v) is 8.33. The van der Waals surface area contributed by atoms with Crippen LogP contribution >= 0.6 is 15.9 Å². The standard InChI is InChI=1S/C17H19BrN2O3S/c1-12-8-9-14(10-13(12)2)20(24(3,22)23)11-17(21)19-16-7-5-4-6-15(16)18/h4-10H,11H2,1-3H3,(H,19,21). The summed E-state index contributed by atoms with van der Waals surface area (Å²) in [6.45, 7) is 3.56. The summed E-state index contributed by atoms with van der Waals surface area (Å²) in [7, 11) is -3.58. The number of halogens is 1. The Morgan fingerprint density at radius 2 is 1.79 bits per heavy atom. The van der Waals surface area contributed by atoms with Crippen molar-refractivity contribution in [1.82, 2.24) is 0 Å². The van der Waals surface area contributed by atoms with Crippen molar-refractivity contribution >= 4 is 43.2 Å². The molecule has 0 saturated carbocycles. The van der Waals surface area contributed by atoms with Crippen molar-refractivity contribution in [2.45, 2.75) is 13.8 Å². The highest BCUT2D eigenvalue weighted by Gasteiger charge is 2.21. The number of hydrogen-bond donors (Lipinski definition) is 1. The van der Waals surface area contributed by atoms with E-state index in [0.29, 0.717) is 11.4 Å². The van der Waals surface area contributed by atoms with Crippen LogP contribution in [0.3, 0.4) is 0 Å². The quantitative estimate of drug-likeness (QED) is 0.820. The maximum atomic E-state index is 12.3. The lowest BCUT2D eigenvalue weighted by molar-refractivity contribution is -0.114. The Morgan fingerprint density at radius 3 is 2.38 bits per heavy atom. The van der Waals surface area contributed by atoms with Crippen LogP contribution in [0.15, 0.2) is 46.9 Å². The molecule has 7 heteroatoms. The summed E-state index contributed by atoms with van der Waals surface area (Å²) in [6.07, 6.45) is 1.09. The predicted octanol–water partition coefficient (Wildman–Crippen LogP) is 3.47. The van der Waals surface area contributed by atoms with E-state index in [1.807, 2.05) is 26.0 Å². The number of anilines is 2. The average Bonchev–Trinajstić information content (AvgIpc) is 2.49. The molecule has 24 heavy (non-hydrogen) atoms. The lowest BCUT2D eigenvalue weighted by atomic mass is 10.1. The van der Waals surface area contributed by atoms with Crippen molar-refractivity contribution in [3.05, 3.63) is 58.1 Å². The van der Waals surface area contributed by atoms with Gasteiger partial charge in [0.2, 0.25) is 15.9 Å². The van der Waals surface area contributed by atoms with E-state index in [9.17, 15) is 13.2 Å². The highest BCUT2D eigenvalue weighted by Crippen LogP contribution is 2.23. The monoisotopic (exact) mass is 410 g/mol. The third-order valence-electron chi connectivity index (χ3n) is 3.61. The van der Waals surface area contributed by atoms with Gasteiger partial charge in [0.1, 0.15) is 6.54 Å². The molecular formula is C17H19BrN2O3S. The Labute approximate surface area is 150 Å². The van der Waals surface area contributed by atoms with E-state index in [1.54, 1.807) is 30.3 Å². The minimum atomic E-state index is -3.58. The van der Waals surface area contributed by atoms with Crippen LogP contribution in [0.2, 0.25) is 0 Å². The first-order valence-corrected chi connectivity index (χ1v) is 9.92. The van der Waals surface area contributed by atoms with Gasteiger partial charge in [-0.05, 0) is 65.2 Å². The second kappa shape index (κ2) is 7.36. The Balaban J connectivity index is 2.25. The molecule has 0 aliphatic heterocycles. The molecule has 2 aromatic carbocycles. The first-order chi connectivity index (χ1) is 11.2. The Hall–Kier alpha value is -1.86. The topological polar surface area (TPSA) is 66.5 Å². The van der Waals surface area contributed by atoms with Gasteiger partial charge in [0, 0.05) is 4.47 Å². The third kappa shape index (κ3) is 4.58. The molecule has 0 saturated heterocycles. The van der Waals surface area contributed by atoms with E-state index in [4.69, 9.17) is 0 Å². The minimum absolute atomic E-state index is 0.289. The summed E-state index contributed by atoms with van der Waals surface area (Å²) < 4.78 is 26.1. The van der Waals surface area contributed by atoms with Gasteiger partial charge in [-0.1, -0.05) is 18.2 Å². The first kappa shape index (κ1) is 18.5. The Morgan fingerprint density at radius 1 is 1.12 bits per heavy atom. The number of benzene rings is 2. The van der Waals surface area contributed by atoms with Gasteiger partial charge in [0.25, 0.3) is 0 Å². The largest absolute Gasteiger partial charge is 0.323 e. The SMILES string of the molecule is Cc1ccc(N(CC(=O)Nc2ccccc2Br)S(C)(=O)=O)cc1C. The summed E-state index contributed by atoms with van der Waals surface area (Å²) in [5.74, 6) is -0.412. The number of aryl methyl sites for hydroxylation is 2. The molecule has 2 aromatic rings. The molecular weight excluding hydrogens is 392 g/mol. The fraction of sp³-hybridized carbons (Fsp3) is 0.235. The summed E-state index contributed by atoms with van der Waals surface area (Å²) in [4.78, 5) is 12.3. The summed E-state index contributed by atoms with van der Waals surface area (Å²) in [6, 6.07) is 12.5. The van der Waals surface area contributed by atoms with Gasteiger partial charge in [-0.15, -0.1) is 0 Å². The van der Waals surface area contributed by atoms with Crippen LogP contribution in [0.5, 0.6) is 0 Å². The van der Waals surface area contributed by atoms with Crippen molar-refractivity contribution in [1.29, 1.82) is 0 Å². The number of nitrogens with one attached hydrogen (secondary N) is 1. The molecule has 0 unspecified atom stereocenters. The van der Waals surface area contributed by atoms with E-state index in [0.717, 1.165) is 26.2 Å². The molecule has 5 nitrogen and oxygen atoms in total. The molecule has 0 radical (unpaired) electrons. The van der Waals surface area contributed by atoms with Crippen LogP contribution < -0.4 is 9.62 Å². The van der Waals surface area contributed by atoms with Crippen LogP contribution in [0.25, 0.3) is 0 Å². The normalized spacial score (nSPS) is 11.2. The maximum Gasteiger partial charge on any atom is 0.245 e. The molecule has 0 aromatic heterocycles. The highest BCUT2D eigenvalue weighted by atomic mass is 79.9. The fourth-order valence-corrected chi connectivity index (χ4v) is 3.40. The molecule has 1 amide bonds. The van der Waals surface area contributed by atoms with E-state index in [-0.39, 0.29) is 6.54 Å². The second-order valence-electron chi connectivity index (χ2n) is 5.57. The van der Waals surface area contributed by atoms with Crippen molar-refractivity contribution in [3.8, 4) is 0 Å². The zero-order valence-electron chi connectivity index (χ0n) is 13.7. The molecule has 2 rings (SSSR count). The first-order valence-electron chi connectivity index (χ1n) is 7.28. The van der Waals surface area contributed by atoms with E-state index < -0.39 is 15.9 Å². The van der Waals surface area contributed by atoms with E-state index in [1.165, 1.54) is 0 Å². The number of sulfonamides is 1. The van der Waals surface area contributed by atoms with Gasteiger partial charge in [0.15, 0.2) is 0 Å². The van der Waals surface area contributed by atoms with Gasteiger partial charge in [0.05, 0.1) is 17.6 Å². The molecule has 0 bridgehead atoms. The fourth-order valence-electron chi connectivity index (χ4n) is 2.16. The Bertz CT molecular complexity index is 866. The molecule has 0 spiro atoms. The molecule has 0 aliphatic carbocycles. The zero-order valence-corrected chi connectivity index (χ0v) is 16.1. The number of carbonyl (C=O) groups excluding carboxylic acids is 1. The lowest BCUT2D eigenvalue weighted by Gasteiger charge is -2.22. The van der Waals surface area contributed by atoms with Crippen molar-refractivity contribution in [2.75, 3.05) is 22.4 Å². The average molecular weight is 411 g/mol. The van der Waals surface area contributed by atoms with Crippen molar-refractivity contribution in [3.63, 3.8) is 0 Å². The molecule has 1 N–H and O–H groups in total. The molecule has 0 atom stereocenters. The summed E-state index contributed by atoms with van der Waals surface area (Å²) in [5.41, 5.74) is 3.09. The number of amides is 1. The molecule has 0 heterocycles. The van der Waals surface area contributed by atoms with Gasteiger partial charge in [-0.25, -0.2) is 8.42 Å². The Kier molecular flexibility index (Phi) is 5.66. The lowest BCUT2D eigenvalue weighted by Crippen LogP contribution is -2.37. The number of hydrogen-bond acceptors (Lipinski definition) is 3. The summed E-state index contributed by atoms with van der Waals surface area (Å²) >= 11 is 3.35. The van der Waals surface area contributed by atoms with E-state index in [2.05, 4.69) is 21.2 Å². The zero-order chi connectivity index (χ0) is 17.9. The predicted molar refractivity (Wildman–Crippen MR) is 101 cm³/mol. The van der Waals surface area contributed by atoms with Gasteiger partial charge in [-0.3, -0.25) is 9.10 Å². The maximum absolute atomic E-state index is 12.3. The number of nitrogens with zero attached hydrogens (tertiary/aromatic N) is 1.